The van der Waals surface area contributed by atoms with Crippen LogP contribution < -0.4 is 4.74 Å². The van der Waals surface area contributed by atoms with E-state index in [0.717, 1.165) is 16.9 Å². The van der Waals surface area contributed by atoms with Gasteiger partial charge in [0.1, 0.15) is 12.4 Å². The molecule has 0 spiro atoms. The Morgan fingerprint density at radius 3 is 2.22 bits per heavy atom. The lowest BCUT2D eigenvalue weighted by atomic mass is 10.0. The summed E-state index contributed by atoms with van der Waals surface area (Å²) in [5.41, 5.74) is 2.06. The molecule has 0 aliphatic heterocycles. The smallest absolute Gasteiger partial charge is 0.328 e. The van der Waals surface area contributed by atoms with Crippen molar-refractivity contribution in [1.29, 1.82) is 0 Å². The van der Waals surface area contributed by atoms with E-state index in [9.17, 15) is 9.46 Å². The molecular weight excluding hydrogens is 359 g/mol. The second-order valence-electron chi connectivity index (χ2n) is 5.49. The van der Waals surface area contributed by atoms with Crippen molar-refractivity contribution in [3.8, 4) is 5.75 Å². The van der Waals surface area contributed by atoms with Crippen LogP contribution in [-0.2, 0) is 15.7 Å². The lowest BCUT2D eigenvalue weighted by Crippen LogP contribution is -2.04. The Balaban J connectivity index is 0.00000158. The van der Waals surface area contributed by atoms with Crippen molar-refractivity contribution in [1.82, 2.24) is 0 Å². The molecule has 27 heavy (non-hydrogen) atoms. The highest BCUT2D eigenvalue weighted by atomic mass is 31.2. The van der Waals surface area contributed by atoms with E-state index in [1.807, 2.05) is 89.2 Å². The van der Waals surface area contributed by atoms with Crippen LogP contribution in [-0.4, -0.2) is 17.7 Å². The molecule has 1 unspecified atom stereocenters. The molecule has 0 aliphatic carbocycles. The Morgan fingerprint density at radius 2 is 1.63 bits per heavy atom. The second kappa shape index (κ2) is 14.4. The standard InChI is InChI=1S/C18H23O4P.2C2H6/c1-3-22-23(19,20)14-15(2)17-10-7-11-18(12-17)21-13-16-8-5-4-6-9-16;2*1-2/h4-12,15H,3,13-14H2,1-2H3,(H,19,20);2*1-2H3/t15-;;/m1../s1. The largest absolute Gasteiger partial charge is 0.489 e. The molecule has 2 aromatic carbocycles. The first-order valence-electron chi connectivity index (χ1n) is 9.73. The van der Waals surface area contributed by atoms with Gasteiger partial charge in [-0.15, -0.1) is 0 Å². The Bertz CT molecular complexity index is 658. The van der Waals surface area contributed by atoms with Crippen LogP contribution in [0.25, 0.3) is 0 Å². The zero-order valence-electron chi connectivity index (χ0n) is 17.5. The van der Waals surface area contributed by atoms with Gasteiger partial charge in [0.25, 0.3) is 0 Å². The highest BCUT2D eigenvalue weighted by molar-refractivity contribution is 7.52. The maximum absolute atomic E-state index is 11.9. The van der Waals surface area contributed by atoms with Gasteiger partial charge in [0.15, 0.2) is 0 Å². The minimum atomic E-state index is -3.53. The van der Waals surface area contributed by atoms with E-state index in [2.05, 4.69) is 0 Å². The molecule has 5 heteroatoms. The quantitative estimate of drug-likeness (QED) is 0.510. The van der Waals surface area contributed by atoms with E-state index >= 15 is 0 Å². The number of hydrogen-bond acceptors (Lipinski definition) is 3. The zero-order chi connectivity index (χ0) is 20.7. The molecule has 152 valence electrons. The molecule has 0 bridgehead atoms. The molecule has 0 fully saturated rings. The second-order valence-corrected chi connectivity index (χ2v) is 7.38. The van der Waals surface area contributed by atoms with Crippen molar-refractivity contribution in [3.63, 3.8) is 0 Å². The van der Waals surface area contributed by atoms with Crippen LogP contribution in [0.2, 0.25) is 0 Å². The van der Waals surface area contributed by atoms with Crippen LogP contribution >= 0.6 is 7.60 Å². The maximum atomic E-state index is 11.9. The van der Waals surface area contributed by atoms with E-state index in [4.69, 9.17) is 9.26 Å². The zero-order valence-corrected chi connectivity index (χ0v) is 18.4. The molecule has 0 amide bonds. The lowest BCUT2D eigenvalue weighted by molar-refractivity contribution is 0.272. The van der Waals surface area contributed by atoms with Gasteiger partial charge in [-0.05, 0) is 36.1 Å². The summed E-state index contributed by atoms with van der Waals surface area (Å²) in [7, 11) is -3.53. The van der Waals surface area contributed by atoms with E-state index in [1.165, 1.54) is 0 Å². The number of ether oxygens (including phenoxy) is 1. The summed E-state index contributed by atoms with van der Waals surface area (Å²) in [5.74, 6) is 0.667. The SMILES string of the molecule is CC.CC.CCOP(=O)(O)C[C@@H](C)c1cccc(OCc2ccccc2)c1. The highest BCUT2D eigenvalue weighted by Gasteiger charge is 2.23. The predicted octanol–water partition coefficient (Wildman–Crippen LogP) is 6.64. The number of benzene rings is 2. The third-order valence-electron chi connectivity index (χ3n) is 3.51. The topological polar surface area (TPSA) is 55.8 Å². The van der Waals surface area contributed by atoms with Gasteiger partial charge in [-0.3, -0.25) is 4.57 Å². The first-order valence-corrected chi connectivity index (χ1v) is 11.5. The van der Waals surface area contributed by atoms with Crippen molar-refractivity contribution in [3.05, 3.63) is 65.7 Å². The van der Waals surface area contributed by atoms with Gasteiger partial charge in [-0.25, -0.2) is 0 Å². The Kier molecular flexibility index (Phi) is 13.6. The van der Waals surface area contributed by atoms with Crippen molar-refractivity contribution in [2.75, 3.05) is 12.8 Å². The highest BCUT2D eigenvalue weighted by Crippen LogP contribution is 2.45. The molecule has 0 aliphatic rings. The summed E-state index contributed by atoms with van der Waals surface area (Å²) in [4.78, 5) is 9.77. The van der Waals surface area contributed by atoms with Gasteiger partial charge in [0.2, 0.25) is 0 Å². The molecule has 2 rings (SSSR count). The van der Waals surface area contributed by atoms with Crippen molar-refractivity contribution in [2.24, 2.45) is 0 Å². The van der Waals surface area contributed by atoms with Crippen LogP contribution in [0.4, 0.5) is 0 Å². The molecule has 0 aromatic heterocycles. The minimum Gasteiger partial charge on any atom is -0.489 e. The van der Waals surface area contributed by atoms with Gasteiger partial charge in [0.05, 0.1) is 12.8 Å². The van der Waals surface area contributed by atoms with E-state index in [0.29, 0.717) is 6.61 Å². The molecule has 0 saturated carbocycles. The van der Waals surface area contributed by atoms with E-state index in [-0.39, 0.29) is 18.7 Å². The third kappa shape index (κ3) is 10.3. The molecule has 0 heterocycles. The van der Waals surface area contributed by atoms with Crippen LogP contribution in [0.1, 0.15) is 58.6 Å². The fraction of sp³-hybridized carbons (Fsp3) is 0.455. The molecule has 2 atom stereocenters. The Labute approximate surface area is 165 Å². The molecule has 0 saturated heterocycles. The van der Waals surface area contributed by atoms with Gasteiger partial charge in [-0.1, -0.05) is 77.1 Å². The monoisotopic (exact) mass is 394 g/mol. The minimum absolute atomic E-state index is 0.0855. The van der Waals surface area contributed by atoms with Crippen molar-refractivity contribution < 1.29 is 18.7 Å². The lowest BCUT2D eigenvalue weighted by Gasteiger charge is -2.17. The molecule has 4 nitrogen and oxygen atoms in total. The predicted molar refractivity (Wildman–Crippen MR) is 115 cm³/mol. The van der Waals surface area contributed by atoms with Crippen LogP contribution in [0.15, 0.2) is 54.6 Å². The fourth-order valence-corrected chi connectivity index (χ4v) is 3.77. The summed E-state index contributed by atoms with van der Waals surface area (Å²) in [5, 5.41) is 0. The van der Waals surface area contributed by atoms with Crippen molar-refractivity contribution >= 4 is 7.60 Å². The molecule has 1 N–H and O–H groups in total. The van der Waals surface area contributed by atoms with Crippen molar-refractivity contribution in [2.45, 2.75) is 54.1 Å². The average molecular weight is 394 g/mol. The first kappa shape index (κ1) is 25.4. The van der Waals surface area contributed by atoms with Gasteiger partial charge in [0, 0.05) is 0 Å². The van der Waals surface area contributed by atoms with Crippen LogP contribution in [0.3, 0.4) is 0 Å². The summed E-state index contributed by atoms with van der Waals surface area (Å²) >= 11 is 0. The normalized spacial score (nSPS) is 13.1. The molecule has 0 radical (unpaired) electrons. The van der Waals surface area contributed by atoms with E-state index in [1.54, 1.807) is 6.92 Å². The Morgan fingerprint density at radius 1 is 1.00 bits per heavy atom. The Hall–Kier alpha value is -1.61. The summed E-state index contributed by atoms with van der Waals surface area (Å²) in [6.07, 6.45) is 0.100. The summed E-state index contributed by atoms with van der Waals surface area (Å²) in [6, 6.07) is 17.6. The third-order valence-corrected chi connectivity index (χ3v) is 5.18. The van der Waals surface area contributed by atoms with Gasteiger partial charge >= 0.3 is 7.60 Å². The summed E-state index contributed by atoms with van der Waals surface area (Å²) in [6.45, 7) is 12.4. The number of rotatable bonds is 8. The summed E-state index contributed by atoms with van der Waals surface area (Å²) < 4.78 is 22.6. The average Bonchev–Trinajstić information content (AvgIpc) is 2.70. The maximum Gasteiger partial charge on any atom is 0.328 e. The first-order chi connectivity index (χ1) is 13.0. The van der Waals surface area contributed by atoms with Crippen LogP contribution in [0, 0.1) is 0 Å². The van der Waals surface area contributed by atoms with E-state index < -0.39 is 7.60 Å². The molecular formula is C22H35O4P. The molecule has 2 aromatic rings. The fourth-order valence-electron chi connectivity index (χ4n) is 2.36. The number of hydrogen-bond donors (Lipinski definition) is 1. The van der Waals surface area contributed by atoms with Gasteiger partial charge < -0.3 is 14.2 Å². The van der Waals surface area contributed by atoms with Crippen LogP contribution in [0.5, 0.6) is 5.75 Å². The van der Waals surface area contributed by atoms with Gasteiger partial charge in [-0.2, -0.15) is 0 Å².